The third kappa shape index (κ3) is 2.00. The summed E-state index contributed by atoms with van der Waals surface area (Å²) in [5.41, 5.74) is 8.77. The number of hydrogen-bond acceptors (Lipinski definition) is 1. The Balaban J connectivity index is 1.86. The zero-order chi connectivity index (χ0) is 18.3. The highest BCUT2D eigenvalue weighted by atomic mass is 32.2. The minimum absolute atomic E-state index is 1.20. The summed E-state index contributed by atoms with van der Waals surface area (Å²) in [7, 11) is 2.20. The molecule has 1 aliphatic heterocycles. The Morgan fingerprint density at radius 2 is 1.89 bits per heavy atom. The molecule has 0 atom stereocenters. The van der Waals surface area contributed by atoms with E-state index in [9.17, 15) is 0 Å². The van der Waals surface area contributed by atoms with E-state index in [-0.39, 0.29) is 0 Å². The van der Waals surface area contributed by atoms with Gasteiger partial charge in [-0.3, -0.25) is 0 Å². The molecule has 0 bridgehead atoms. The number of benzene rings is 3. The lowest BCUT2D eigenvalue weighted by Gasteiger charge is -2.27. The van der Waals surface area contributed by atoms with Crippen LogP contribution in [-0.2, 0) is 19.9 Å². The summed E-state index contributed by atoms with van der Waals surface area (Å²) in [6.45, 7) is 4.54. The van der Waals surface area contributed by atoms with E-state index in [1.807, 2.05) is 11.8 Å². The number of fused-ring (bicyclic) bond motifs is 3. The fourth-order valence-corrected chi connectivity index (χ4v) is 6.70. The highest BCUT2D eigenvalue weighted by molar-refractivity contribution is 7.99. The Bertz CT molecular complexity index is 1300. The molecule has 0 radical (unpaired) electrons. The predicted octanol–water partition coefficient (Wildman–Crippen LogP) is 6.05. The first-order chi connectivity index (χ1) is 13.1. The van der Waals surface area contributed by atoms with Crippen LogP contribution in [-0.4, -0.2) is 0 Å². The summed E-state index contributed by atoms with van der Waals surface area (Å²) >= 11 is 2.01. The summed E-state index contributed by atoms with van der Waals surface area (Å²) in [6, 6.07) is 13.9. The topological polar surface area (TPSA) is 3.88 Å². The van der Waals surface area contributed by atoms with E-state index in [1.54, 1.807) is 10.9 Å². The quantitative estimate of drug-likeness (QED) is 0.301. The standard InChI is InChI=1S/C25H22NS/c1-14-12-17-10-11-26(3)24-21-15(2)18-8-4-6-16-7-5-9-19(22(16)18)25(21)27-20(13-14)23(17)24/h4,6,8,10-13H,5,7,9H2,1-3H3/q+1. The fourth-order valence-electron chi connectivity index (χ4n) is 5.24. The van der Waals surface area contributed by atoms with Crippen LogP contribution in [0.1, 0.15) is 28.7 Å². The smallest absolute Gasteiger partial charge is 0.200 e. The molecular weight excluding hydrogens is 346 g/mol. The lowest BCUT2D eigenvalue weighted by atomic mass is 9.83. The molecule has 1 aliphatic carbocycles. The third-order valence-corrected chi connectivity index (χ3v) is 7.60. The Morgan fingerprint density at radius 3 is 2.78 bits per heavy atom. The van der Waals surface area contributed by atoms with Crippen molar-refractivity contribution in [2.45, 2.75) is 42.9 Å². The molecule has 132 valence electrons. The van der Waals surface area contributed by atoms with Gasteiger partial charge < -0.3 is 0 Å². The highest BCUT2D eigenvalue weighted by Crippen LogP contribution is 2.52. The number of hydrogen-bond donors (Lipinski definition) is 0. The second kappa shape index (κ2) is 5.36. The van der Waals surface area contributed by atoms with Gasteiger partial charge in [-0.25, -0.2) is 4.57 Å². The maximum absolute atomic E-state index is 2.38. The number of aryl methyl sites for hydroxylation is 5. The molecule has 0 unspecified atom stereocenters. The molecule has 0 saturated carbocycles. The molecule has 6 rings (SSSR count). The first-order valence-corrected chi connectivity index (χ1v) is 10.6. The summed E-state index contributed by atoms with van der Waals surface area (Å²) in [5.74, 6) is 0. The molecule has 4 aromatic rings. The number of pyridine rings is 1. The van der Waals surface area contributed by atoms with Crippen LogP contribution in [0.25, 0.3) is 32.8 Å². The van der Waals surface area contributed by atoms with Crippen molar-refractivity contribution in [3.63, 3.8) is 0 Å². The van der Waals surface area contributed by atoms with Crippen LogP contribution in [0.15, 0.2) is 52.4 Å². The SMILES string of the molecule is Cc1cc2c3c([n+](C)ccc3c1)-c1c(c3c4c(cccc4c1C)CCC3)S2. The zero-order valence-corrected chi connectivity index (χ0v) is 16.8. The fraction of sp³-hybridized carbons (Fsp3) is 0.240. The van der Waals surface area contributed by atoms with Gasteiger partial charge in [-0.15, -0.1) is 0 Å². The molecule has 2 aliphatic rings. The van der Waals surface area contributed by atoms with Gasteiger partial charge in [0.1, 0.15) is 7.05 Å². The number of nitrogens with zero attached hydrogens (tertiary/aromatic N) is 1. The molecule has 1 aromatic heterocycles. The van der Waals surface area contributed by atoms with Crippen molar-refractivity contribution in [1.82, 2.24) is 0 Å². The maximum atomic E-state index is 2.38. The van der Waals surface area contributed by atoms with Gasteiger partial charge in [0, 0.05) is 15.9 Å². The van der Waals surface area contributed by atoms with Gasteiger partial charge >= 0.3 is 0 Å². The molecule has 0 saturated heterocycles. The van der Waals surface area contributed by atoms with E-state index in [1.165, 1.54) is 73.2 Å². The molecule has 3 aromatic carbocycles. The molecule has 27 heavy (non-hydrogen) atoms. The van der Waals surface area contributed by atoms with Gasteiger partial charge in [-0.05, 0) is 77.6 Å². The molecular formula is C25H22NS+. The average molecular weight is 369 g/mol. The predicted molar refractivity (Wildman–Crippen MR) is 114 cm³/mol. The largest absolute Gasteiger partial charge is 0.222 e. The van der Waals surface area contributed by atoms with E-state index in [2.05, 4.69) is 68.1 Å². The molecule has 1 nitrogen and oxygen atoms in total. The van der Waals surface area contributed by atoms with Crippen molar-refractivity contribution in [1.29, 1.82) is 0 Å². The zero-order valence-electron chi connectivity index (χ0n) is 16.0. The van der Waals surface area contributed by atoms with Crippen molar-refractivity contribution in [3.05, 3.63) is 64.8 Å². The van der Waals surface area contributed by atoms with Crippen LogP contribution in [0.5, 0.6) is 0 Å². The first-order valence-electron chi connectivity index (χ1n) is 9.82. The van der Waals surface area contributed by atoms with Gasteiger partial charge in [-0.1, -0.05) is 36.0 Å². The summed E-state index contributed by atoms with van der Waals surface area (Å²) in [4.78, 5) is 2.93. The Morgan fingerprint density at radius 1 is 1.00 bits per heavy atom. The van der Waals surface area contributed by atoms with Crippen LogP contribution < -0.4 is 4.57 Å². The normalized spacial score (nSPS) is 14.6. The molecule has 2 heteroatoms. The van der Waals surface area contributed by atoms with Crippen molar-refractivity contribution in [3.8, 4) is 11.3 Å². The van der Waals surface area contributed by atoms with E-state index >= 15 is 0 Å². The first kappa shape index (κ1) is 15.7. The summed E-state index contributed by atoms with van der Waals surface area (Å²) < 4.78 is 2.33. The van der Waals surface area contributed by atoms with Gasteiger partial charge in [0.05, 0.1) is 10.9 Å². The number of aromatic nitrogens is 1. The van der Waals surface area contributed by atoms with E-state index < -0.39 is 0 Å². The van der Waals surface area contributed by atoms with Crippen LogP contribution in [0.4, 0.5) is 0 Å². The Labute approximate surface area is 164 Å². The molecule has 0 N–H and O–H groups in total. The highest BCUT2D eigenvalue weighted by Gasteiger charge is 2.32. The third-order valence-electron chi connectivity index (χ3n) is 6.40. The minimum Gasteiger partial charge on any atom is -0.200 e. The molecule has 2 heterocycles. The Kier molecular flexibility index (Phi) is 3.12. The second-order valence-corrected chi connectivity index (χ2v) is 9.16. The molecule has 0 fully saturated rings. The van der Waals surface area contributed by atoms with Crippen LogP contribution in [0.2, 0.25) is 0 Å². The molecule has 0 spiro atoms. The van der Waals surface area contributed by atoms with Crippen LogP contribution in [0.3, 0.4) is 0 Å². The second-order valence-electron chi connectivity index (χ2n) is 8.11. The monoisotopic (exact) mass is 368 g/mol. The van der Waals surface area contributed by atoms with Gasteiger partial charge in [0.25, 0.3) is 0 Å². The van der Waals surface area contributed by atoms with Crippen molar-refractivity contribution >= 4 is 33.3 Å². The summed E-state index contributed by atoms with van der Waals surface area (Å²) in [6.07, 6.45) is 5.90. The van der Waals surface area contributed by atoms with Crippen molar-refractivity contribution in [2.24, 2.45) is 7.05 Å². The van der Waals surface area contributed by atoms with E-state index in [4.69, 9.17) is 0 Å². The van der Waals surface area contributed by atoms with E-state index in [0.29, 0.717) is 0 Å². The summed E-state index contributed by atoms with van der Waals surface area (Å²) in [5, 5.41) is 5.77. The Hall–Kier alpha value is -2.32. The average Bonchev–Trinajstić information content (AvgIpc) is 2.67. The van der Waals surface area contributed by atoms with Gasteiger partial charge in [0.15, 0.2) is 6.20 Å². The number of rotatable bonds is 0. The van der Waals surface area contributed by atoms with Gasteiger partial charge in [0.2, 0.25) is 5.69 Å². The lowest BCUT2D eigenvalue weighted by molar-refractivity contribution is -0.659. The van der Waals surface area contributed by atoms with E-state index in [0.717, 1.165) is 0 Å². The van der Waals surface area contributed by atoms with Crippen molar-refractivity contribution < 1.29 is 4.57 Å². The van der Waals surface area contributed by atoms with Crippen LogP contribution >= 0.6 is 11.8 Å². The van der Waals surface area contributed by atoms with Crippen molar-refractivity contribution in [2.75, 3.05) is 0 Å². The minimum atomic E-state index is 1.20. The lowest BCUT2D eigenvalue weighted by Crippen LogP contribution is -2.32. The van der Waals surface area contributed by atoms with Crippen LogP contribution in [0, 0.1) is 13.8 Å². The molecule has 0 amide bonds. The van der Waals surface area contributed by atoms with Gasteiger partial charge in [-0.2, -0.15) is 0 Å². The maximum Gasteiger partial charge on any atom is 0.222 e.